The average molecular weight is 437 g/mol. The minimum absolute atomic E-state index is 0.163. The van der Waals surface area contributed by atoms with E-state index in [0.29, 0.717) is 42.5 Å². The van der Waals surface area contributed by atoms with Gasteiger partial charge in [0.2, 0.25) is 5.91 Å². The summed E-state index contributed by atoms with van der Waals surface area (Å²) in [5.74, 6) is 1.42. The molecule has 0 atom stereocenters. The molecule has 0 radical (unpaired) electrons. The maximum absolute atomic E-state index is 12.3. The van der Waals surface area contributed by atoms with Gasteiger partial charge >= 0.3 is 5.97 Å². The lowest BCUT2D eigenvalue weighted by atomic mass is 10.2. The Bertz CT molecular complexity index is 1010. The van der Waals surface area contributed by atoms with Crippen molar-refractivity contribution in [1.29, 1.82) is 0 Å². The van der Waals surface area contributed by atoms with Crippen molar-refractivity contribution >= 4 is 17.6 Å². The fourth-order valence-corrected chi connectivity index (χ4v) is 2.97. The predicted octanol–water partition coefficient (Wildman–Crippen LogP) is 5.27. The number of aromatic nitrogens is 1. The van der Waals surface area contributed by atoms with E-state index in [1.54, 1.807) is 30.5 Å². The number of hydrogen-bond donors (Lipinski definition) is 1. The van der Waals surface area contributed by atoms with Crippen LogP contribution in [0, 0.1) is 0 Å². The van der Waals surface area contributed by atoms with Gasteiger partial charge in [-0.25, -0.2) is 9.78 Å². The van der Waals surface area contributed by atoms with Gasteiger partial charge in [0.05, 0.1) is 25.0 Å². The van der Waals surface area contributed by atoms with E-state index in [0.717, 1.165) is 24.2 Å². The number of benzene rings is 2. The molecule has 1 heterocycles. The van der Waals surface area contributed by atoms with Crippen LogP contribution in [0.2, 0.25) is 0 Å². The van der Waals surface area contributed by atoms with Crippen molar-refractivity contribution in [2.24, 2.45) is 0 Å². The minimum atomic E-state index is -0.358. The van der Waals surface area contributed by atoms with Crippen molar-refractivity contribution in [3.63, 3.8) is 0 Å². The highest BCUT2D eigenvalue weighted by Crippen LogP contribution is 2.23. The van der Waals surface area contributed by atoms with Crippen LogP contribution in [0.1, 0.15) is 49.4 Å². The Hall–Kier alpha value is -3.61. The second kappa shape index (κ2) is 11.7. The largest absolute Gasteiger partial charge is 0.494 e. The van der Waals surface area contributed by atoms with Crippen LogP contribution < -0.4 is 10.1 Å². The summed E-state index contributed by atoms with van der Waals surface area (Å²) in [7, 11) is 0. The van der Waals surface area contributed by atoms with Crippen molar-refractivity contribution in [2.75, 3.05) is 18.5 Å². The maximum atomic E-state index is 12.3. The average Bonchev–Trinajstić information content (AvgIpc) is 3.28. The monoisotopic (exact) mass is 436 g/mol. The predicted molar refractivity (Wildman–Crippen MR) is 122 cm³/mol. The smallest absolute Gasteiger partial charge is 0.338 e. The molecule has 168 valence electrons. The number of oxazole rings is 1. The summed E-state index contributed by atoms with van der Waals surface area (Å²) in [4.78, 5) is 28.5. The van der Waals surface area contributed by atoms with E-state index in [9.17, 15) is 9.59 Å². The van der Waals surface area contributed by atoms with E-state index in [1.165, 1.54) is 0 Å². The molecule has 32 heavy (non-hydrogen) atoms. The number of unbranched alkanes of at least 4 members (excludes halogenated alkanes) is 1. The molecule has 0 aliphatic rings. The molecule has 7 heteroatoms. The number of nitrogens with one attached hydrogen (secondary N) is 1. The Morgan fingerprint density at radius 2 is 1.78 bits per heavy atom. The second-order valence-corrected chi connectivity index (χ2v) is 7.19. The van der Waals surface area contributed by atoms with Gasteiger partial charge in [0.15, 0.2) is 11.7 Å². The summed E-state index contributed by atoms with van der Waals surface area (Å²) in [6, 6.07) is 14.2. The highest BCUT2D eigenvalue weighted by Gasteiger charge is 2.11. The summed E-state index contributed by atoms with van der Waals surface area (Å²) < 4.78 is 16.4. The summed E-state index contributed by atoms with van der Waals surface area (Å²) in [6.07, 6.45) is 4.07. The number of anilines is 1. The molecule has 1 amide bonds. The lowest BCUT2D eigenvalue weighted by Crippen LogP contribution is -2.12. The van der Waals surface area contributed by atoms with Gasteiger partial charge in [-0.3, -0.25) is 4.79 Å². The van der Waals surface area contributed by atoms with E-state index < -0.39 is 0 Å². The quantitative estimate of drug-likeness (QED) is 0.325. The molecule has 0 fully saturated rings. The number of nitrogens with zero attached hydrogens (tertiary/aromatic N) is 1. The molecule has 3 rings (SSSR count). The summed E-state index contributed by atoms with van der Waals surface area (Å²) >= 11 is 0. The zero-order valence-corrected chi connectivity index (χ0v) is 18.4. The molecule has 0 bridgehead atoms. The van der Waals surface area contributed by atoms with Crippen molar-refractivity contribution < 1.29 is 23.5 Å². The van der Waals surface area contributed by atoms with Gasteiger partial charge in [-0.1, -0.05) is 13.3 Å². The first kappa shape index (κ1) is 23.1. The van der Waals surface area contributed by atoms with Gasteiger partial charge < -0.3 is 19.2 Å². The Kier molecular flexibility index (Phi) is 8.43. The standard InChI is InChI=1S/C25H28N2O5/c1-3-5-16-31-25(29)19-6-10-20(11-7-19)27-23(28)14-15-24-26-17-22(32-24)18-8-12-21(13-9-18)30-4-2/h6-13,17H,3-5,14-16H2,1-2H3,(H,27,28). The molecular formula is C25H28N2O5. The molecule has 1 N–H and O–H groups in total. The third kappa shape index (κ3) is 6.70. The zero-order valence-electron chi connectivity index (χ0n) is 18.4. The number of amides is 1. The topological polar surface area (TPSA) is 90.7 Å². The molecule has 2 aromatic carbocycles. The first-order chi connectivity index (χ1) is 15.6. The highest BCUT2D eigenvalue weighted by atomic mass is 16.5. The van der Waals surface area contributed by atoms with Crippen LogP contribution in [0.15, 0.2) is 59.1 Å². The number of rotatable bonds is 11. The van der Waals surface area contributed by atoms with Gasteiger partial charge in [-0.2, -0.15) is 0 Å². The number of esters is 1. The van der Waals surface area contributed by atoms with Crippen LogP contribution in [-0.4, -0.2) is 30.1 Å². The number of ether oxygens (including phenoxy) is 2. The van der Waals surface area contributed by atoms with E-state index in [2.05, 4.69) is 10.3 Å². The van der Waals surface area contributed by atoms with Crippen LogP contribution in [0.4, 0.5) is 5.69 Å². The van der Waals surface area contributed by atoms with Gasteiger partial charge in [0, 0.05) is 24.1 Å². The third-order valence-electron chi connectivity index (χ3n) is 4.70. The SMILES string of the molecule is CCCCOC(=O)c1ccc(NC(=O)CCc2ncc(-c3ccc(OCC)cc3)o2)cc1. The van der Waals surface area contributed by atoms with E-state index in [4.69, 9.17) is 13.9 Å². The van der Waals surface area contributed by atoms with E-state index in [-0.39, 0.29) is 18.3 Å². The van der Waals surface area contributed by atoms with Crippen LogP contribution in [-0.2, 0) is 16.0 Å². The number of aryl methyl sites for hydroxylation is 1. The Labute approximate surface area is 187 Å². The number of carbonyl (C=O) groups excluding carboxylic acids is 2. The normalized spacial score (nSPS) is 10.6. The Balaban J connectivity index is 1.47. The molecule has 1 aromatic heterocycles. The van der Waals surface area contributed by atoms with Crippen LogP contribution in [0.25, 0.3) is 11.3 Å². The van der Waals surface area contributed by atoms with Gasteiger partial charge in [-0.15, -0.1) is 0 Å². The molecule has 0 saturated heterocycles. The Morgan fingerprint density at radius 3 is 2.47 bits per heavy atom. The fourth-order valence-electron chi connectivity index (χ4n) is 2.97. The summed E-state index contributed by atoms with van der Waals surface area (Å²) in [5.41, 5.74) is 1.97. The van der Waals surface area contributed by atoms with E-state index in [1.807, 2.05) is 38.1 Å². The molecule has 3 aromatic rings. The number of carbonyl (C=O) groups is 2. The molecule has 0 saturated carbocycles. The van der Waals surface area contributed by atoms with Gasteiger partial charge in [-0.05, 0) is 61.9 Å². The third-order valence-corrected chi connectivity index (χ3v) is 4.70. The molecular weight excluding hydrogens is 408 g/mol. The molecule has 0 aliphatic carbocycles. The van der Waals surface area contributed by atoms with Crippen molar-refractivity contribution in [3.05, 3.63) is 66.2 Å². The van der Waals surface area contributed by atoms with Crippen molar-refractivity contribution in [3.8, 4) is 17.1 Å². The highest BCUT2D eigenvalue weighted by molar-refractivity contribution is 5.93. The van der Waals surface area contributed by atoms with Crippen molar-refractivity contribution in [1.82, 2.24) is 4.98 Å². The Morgan fingerprint density at radius 1 is 1.03 bits per heavy atom. The van der Waals surface area contributed by atoms with Crippen LogP contribution in [0.5, 0.6) is 5.75 Å². The maximum Gasteiger partial charge on any atom is 0.338 e. The number of hydrogen-bond acceptors (Lipinski definition) is 6. The van der Waals surface area contributed by atoms with Crippen LogP contribution >= 0.6 is 0 Å². The molecule has 0 unspecified atom stereocenters. The zero-order chi connectivity index (χ0) is 22.8. The van der Waals surface area contributed by atoms with E-state index >= 15 is 0 Å². The summed E-state index contributed by atoms with van der Waals surface area (Å²) in [6.45, 7) is 5.00. The molecule has 0 spiro atoms. The van der Waals surface area contributed by atoms with Gasteiger partial charge in [0.25, 0.3) is 0 Å². The van der Waals surface area contributed by atoms with Crippen molar-refractivity contribution in [2.45, 2.75) is 39.5 Å². The van der Waals surface area contributed by atoms with Gasteiger partial charge in [0.1, 0.15) is 5.75 Å². The fraction of sp³-hybridized carbons (Fsp3) is 0.320. The molecule has 0 aliphatic heterocycles. The molecule has 7 nitrogen and oxygen atoms in total. The van der Waals surface area contributed by atoms with Crippen LogP contribution in [0.3, 0.4) is 0 Å². The minimum Gasteiger partial charge on any atom is -0.494 e. The first-order valence-electron chi connectivity index (χ1n) is 10.8. The lowest BCUT2D eigenvalue weighted by molar-refractivity contribution is -0.116. The first-order valence-corrected chi connectivity index (χ1v) is 10.8. The summed E-state index contributed by atoms with van der Waals surface area (Å²) in [5, 5.41) is 2.81. The second-order valence-electron chi connectivity index (χ2n) is 7.19. The lowest BCUT2D eigenvalue weighted by Gasteiger charge is -2.07.